The van der Waals surface area contributed by atoms with E-state index in [1.807, 2.05) is 0 Å². The zero-order valence-electron chi connectivity index (χ0n) is 9.95. The summed E-state index contributed by atoms with van der Waals surface area (Å²) < 4.78 is 25.9. The number of nitrogens with zero attached hydrogens (tertiary/aromatic N) is 2. The van der Waals surface area contributed by atoms with E-state index < -0.39 is 11.6 Å². The molecule has 5 heteroatoms. The van der Waals surface area contributed by atoms with Crippen molar-refractivity contribution in [3.8, 4) is 11.3 Å². The summed E-state index contributed by atoms with van der Waals surface area (Å²) >= 11 is 0. The normalized spacial score (nSPS) is 10.4. The quantitative estimate of drug-likeness (QED) is 0.903. The van der Waals surface area contributed by atoms with Gasteiger partial charge in [0.25, 0.3) is 0 Å². The summed E-state index contributed by atoms with van der Waals surface area (Å²) in [6.07, 6.45) is 0.993. The molecule has 0 radical (unpaired) electrons. The van der Waals surface area contributed by atoms with E-state index in [0.29, 0.717) is 17.1 Å². The van der Waals surface area contributed by atoms with Crippen molar-refractivity contribution in [1.29, 1.82) is 0 Å². The first-order valence-corrected chi connectivity index (χ1v) is 5.73. The first-order chi connectivity index (χ1) is 8.70. The lowest BCUT2D eigenvalue weighted by Crippen LogP contribution is -2.02. The van der Waals surface area contributed by atoms with Gasteiger partial charge >= 0.3 is 0 Å². The summed E-state index contributed by atoms with van der Waals surface area (Å²) in [4.78, 5) is 0. The minimum absolute atomic E-state index is 0.503. The van der Waals surface area contributed by atoms with Gasteiger partial charge in [-0.15, -0.1) is 10.2 Å². The maximum Gasteiger partial charge on any atom is 0.159 e. The van der Waals surface area contributed by atoms with E-state index in [-0.39, 0.29) is 0 Å². The molecule has 0 saturated carbocycles. The topological polar surface area (TPSA) is 37.8 Å². The molecule has 0 amide bonds. The highest BCUT2D eigenvalue weighted by Gasteiger charge is 2.06. The van der Waals surface area contributed by atoms with E-state index in [1.165, 1.54) is 6.07 Å². The summed E-state index contributed by atoms with van der Waals surface area (Å²) in [7, 11) is 0. The predicted octanol–water partition coefficient (Wildman–Crippen LogP) is 3.24. The fourth-order valence-electron chi connectivity index (χ4n) is 1.49. The van der Waals surface area contributed by atoms with Crippen molar-refractivity contribution in [2.24, 2.45) is 0 Å². The molecule has 3 nitrogen and oxygen atoms in total. The van der Waals surface area contributed by atoms with Gasteiger partial charge in [0.2, 0.25) is 0 Å². The molecule has 0 aliphatic carbocycles. The smallest absolute Gasteiger partial charge is 0.159 e. The van der Waals surface area contributed by atoms with Crippen LogP contribution in [0.1, 0.15) is 13.3 Å². The minimum Gasteiger partial charge on any atom is -0.369 e. The van der Waals surface area contributed by atoms with Crippen LogP contribution in [-0.2, 0) is 0 Å². The van der Waals surface area contributed by atoms with Crippen molar-refractivity contribution in [1.82, 2.24) is 10.2 Å². The Bertz CT molecular complexity index is 526. The van der Waals surface area contributed by atoms with Crippen LogP contribution in [0.2, 0.25) is 0 Å². The molecule has 1 N–H and O–H groups in total. The zero-order chi connectivity index (χ0) is 13.0. The van der Waals surface area contributed by atoms with Crippen LogP contribution in [0.3, 0.4) is 0 Å². The fourth-order valence-corrected chi connectivity index (χ4v) is 1.49. The number of rotatable bonds is 4. The van der Waals surface area contributed by atoms with Crippen molar-refractivity contribution in [3.05, 3.63) is 42.0 Å². The van der Waals surface area contributed by atoms with E-state index in [9.17, 15) is 8.78 Å². The van der Waals surface area contributed by atoms with Gasteiger partial charge in [-0.1, -0.05) is 6.92 Å². The molecule has 2 rings (SSSR count). The van der Waals surface area contributed by atoms with Gasteiger partial charge in [0, 0.05) is 12.1 Å². The largest absolute Gasteiger partial charge is 0.369 e. The average molecular weight is 249 g/mol. The van der Waals surface area contributed by atoms with Gasteiger partial charge < -0.3 is 5.32 Å². The maximum absolute atomic E-state index is 13.1. The van der Waals surface area contributed by atoms with E-state index in [2.05, 4.69) is 22.4 Å². The number of benzene rings is 1. The third kappa shape index (κ3) is 2.80. The molecule has 0 aliphatic heterocycles. The molecule has 0 saturated heterocycles. The Kier molecular flexibility index (Phi) is 3.82. The van der Waals surface area contributed by atoms with Gasteiger partial charge in [-0.25, -0.2) is 8.78 Å². The van der Waals surface area contributed by atoms with Crippen LogP contribution in [0.15, 0.2) is 30.3 Å². The Morgan fingerprint density at radius 3 is 2.50 bits per heavy atom. The van der Waals surface area contributed by atoms with Crippen LogP contribution in [-0.4, -0.2) is 16.7 Å². The Morgan fingerprint density at radius 1 is 1.06 bits per heavy atom. The lowest BCUT2D eigenvalue weighted by molar-refractivity contribution is 0.509. The lowest BCUT2D eigenvalue weighted by atomic mass is 10.1. The second kappa shape index (κ2) is 5.53. The first kappa shape index (κ1) is 12.4. The van der Waals surface area contributed by atoms with Gasteiger partial charge in [0.05, 0.1) is 5.69 Å². The van der Waals surface area contributed by atoms with E-state index >= 15 is 0 Å². The molecule has 0 fully saturated rings. The predicted molar refractivity (Wildman–Crippen MR) is 66.2 cm³/mol. The zero-order valence-corrected chi connectivity index (χ0v) is 9.95. The van der Waals surface area contributed by atoms with Crippen LogP contribution in [0.5, 0.6) is 0 Å². The van der Waals surface area contributed by atoms with Crippen molar-refractivity contribution in [2.45, 2.75) is 13.3 Å². The van der Waals surface area contributed by atoms with Crippen LogP contribution in [0.4, 0.5) is 14.6 Å². The van der Waals surface area contributed by atoms with Crippen molar-refractivity contribution < 1.29 is 8.78 Å². The highest BCUT2D eigenvalue weighted by Crippen LogP contribution is 2.19. The van der Waals surface area contributed by atoms with Crippen LogP contribution in [0, 0.1) is 11.6 Å². The second-order valence-electron chi connectivity index (χ2n) is 3.86. The minimum atomic E-state index is -0.887. The Hall–Kier alpha value is -2.04. The number of halogens is 2. The van der Waals surface area contributed by atoms with Crippen LogP contribution < -0.4 is 5.32 Å². The Labute approximate surface area is 104 Å². The highest BCUT2D eigenvalue weighted by atomic mass is 19.2. The molecule has 0 atom stereocenters. The van der Waals surface area contributed by atoms with Gasteiger partial charge in [0.15, 0.2) is 11.6 Å². The van der Waals surface area contributed by atoms with E-state index in [1.54, 1.807) is 12.1 Å². The van der Waals surface area contributed by atoms with E-state index in [4.69, 9.17) is 0 Å². The number of hydrogen-bond acceptors (Lipinski definition) is 3. The molecule has 1 aromatic heterocycles. The number of aromatic nitrogens is 2. The molecule has 0 bridgehead atoms. The molecule has 0 spiro atoms. The fraction of sp³-hybridized carbons (Fsp3) is 0.231. The molecule has 0 unspecified atom stereocenters. The molecular weight excluding hydrogens is 236 g/mol. The molecule has 94 valence electrons. The van der Waals surface area contributed by atoms with Crippen molar-refractivity contribution in [3.63, 3.8) is 0 Å². The summed E-state index contributed by atoms with van der Waals surface area (Å²) in [5.41, 5.74) is 1.01. The Morgan fingerprint density at radius 2 is 1.89 bits per heavy atom. The molecule has 1 aromatic carbocycles. The van der Waals surface area contributed by atoms with Gasteiger partial charge in [-0.3, -0.25) is 0 Å². The summed E-state index contributed by atoms with van der Waals surface area (Å²) in [6.45, 7) is 2.87. The SMILES string of the molecule is CCCNc1ccc(-c2ccc(F)c(F)c2)nn1. The maximum atomic E-state index is 13.1. The Balaban J connectivity index is 2.20. The van der Waals surface area contributed by atoms with Crippen LogP contribution >= 0.6 is 0 Å². The lowest BCUT2D eigenvalue weighted by Gasteiger charge is -2.04. The van der Waals surface area contributed by atoms with Crippen LogP contribution in [0.25, 0.3) is 11.3 Å². The van der Waals surface area contributed by atoms with E-state index in [0.717, 1.165) is 25.1 Å². The number of nitrogens with one attached hydrogen (secondary N) is 1. The molecule has 18 heavy (non-hydrogen) atoms. The highest BCUT2D eigenvalue weighted by molar-refractivity contribution is 5.59. The molecule has 2 aromatic rings. The third-order valence-electron chi connectivity index (χ3n) is 2.44. The summed E-state index contributed by atoms with van der Waals surface area (Å²) in [5, 5.41) is 11.0. The van der Waals surface area contributed by atoms with Crippen molar-refractivity contribution >= 4 is 5.82 Å². The van der Waals surface area contributed by atoms with Gasteiger partial charge in [0.1, 0.15) is 5.82 Å². The molecule has 1 heterocycles. The number of hydrogen-bond donors (Lipinski definition) is 1. The standard InChI is InChI=1S/C13H13F2N3/c1-2-7-16-13-6-5-12(17-18-13)9-3-4-10(14)11(15)8-9/h3-6,8H,2,7H2,1H3,(H,16,18). The number of anilines is 1. The first-order valence-electron chi connectivity index (χ1n) is 5.73. The molecule has 0 aliphatic rings. The monoisotopic (exact) mass is 249 g/mol. The summed E-state index contributed by atoms with van der Waals surface area (Å²) in [6, 6.07) is 7.15. The van der Waals surface area contributed by atoms with Crippen molar-refractivity contribution in [2.75, 3.05) is 11.9 Å². The van der Waals surface area contributed by atoms with Gasteiger partial charge in [-0.05, 0) is 36.8 Å². The average Bonchev–Trinajstić information content (AvgIpc) is 2.40. The second-order valence-corrected chi connectivity index (χ2v) is 3.86. The third-order valence-corrected chi connectivity index (χ3v) is 2.44. The summed E-state index contributed by atoms with van der Waals surface area (Å²) in [5.74, 6) is -1.08. The van der Waals surface area contributed by atoms with Gasteiger partial charge in [-0.2, -0.15) is 0 Å². The molecular formula is C13H13F2N3.